The van der Waals surface area contributed by atoms with Gasteiger partial charge in [-0.1, -0.05) is 25.1 Å². The van der Waals surface area contributed by atoms with Crippen molar-refractivity contribution in [2.75, 3.05) is 0 Å². The van der Waals surface area contributed by atoms with Gasteiger partial charge in [0.1, 0.15) is 5.54 Å². The maximum atomic E-state index is 12.9. The third kappa shape index (κ3) is 3.54. The minimum Gasteiger partial charge on any atom is -0.338 e. The number of halogens is 3. The first-order valence-corrected chi connectivity index (χ1v) is 6.66. The lowest BCUT2D eigenvalue weighted by molar-refractivity contribution is -0.138. The Kier molecular flexibility index (Phi) is 3.95. The first-order chi connectivity index (χ1) is 9.77. The lowest BCUT2D eigenvalue weighted by Gasteiger charge is -2.18. The molecule has 1 N–H and O–H groups in total. The fourth-order valence-electron chi connectivity index (χ4n) is 2.28. The zero-order valence-corrected chi connectivity index (χ0v) is 11.5. The van der Waals surface area contributed by atoms with Gasteiger partial charge in [-0.15, -0.1) is 0 Å². The van der Waals surface area contributed by atoms with Crippen LogP contribution in [0.25, 0.3) is 0 Å². The predicted molar refractivity (Wildman–Crippen MR) is 70.2 cm³/mol. The smallest absolute Gasteiger partial charge is 0.338 e. The number of alkyl halides is 3. The molecular weight excluding hydrogens is 281 g/mol. The van der Waals surface area contributed by atoms with Gasteiger partial charge in [0.25, 0.3) is 0 Å². The molecule has 0 saturated heterocycles. The van der Waals surface area contributed by atoms with Crippen LogP contribution in [0, 0.1) is 11.3 Å². The SMILES string of the molecule is C[C@@H](CC(=O)NC1(C#N)CC1)c1ccccc1C(F)(F)F. The summed E-state index contributed by atoms with van der Waals surface area (Å²) < 4.78 is 38.8. The molecule has 0 unspecified atom stereocenters. The maximum Gasteiger partial charge on any atom is 0.416 e. The van der Waals surface area contributed by atoms with Gasteiger partial charge in [-0.2, -0.15) is 18.4 Å². The molecule has 0 radical (unpaired) electrons. The summed E-state index contributed by atoms with van der Waals surface area (Å²) in [4.78, 5) is 11.9. The van der Waals surface area contributed by atoms with Crippen molar-refractivity contribution in [2.24, 2.45) is 0 Å². The fourth-order valence-corrected chi connectivity index (χ4v) is 2.28. The number of hydrogen-bond acceptors (Lipinski definition) is 2. The van der Waals surface area contributed by atoms with E-state index in [4.69, 9.17) is 5.26 Å². The predicted octanol–water partition coefficient (Wildman–Crippen LogP) is 3.37. The highest BCUT2D eigenvalue weighted by Gasteiger charge is 2.44. The molecule has 3 nitrogen and oxygen atoms in total. The van der Waals surface area contributed by atoms with Crippen LogP contribution in [0.2, 0.25) is 0 Å². The van der Waals surface area contributed by atoms with Gasteiger partial charge in [0.05, 0.1) is 11.6 Å². The second kappa shape index (κ2) is 5.40. The lowest BCUT2D eigenvalue weighted by atomic mass is 9.92. The molecule has 1 fully saturated rings. The molecule has 1 atom stereocenters. The van der Waals surface area contributed by atoms with E-state index in [1.807, 2.05) is 6.07 Å². The Morgan fingerprint density at radius 2 is 2.05 bits per heavy atom. The minimum absolute atomic E-state index is 0.0729. The third-order valence-electron chi connectivity index (χ3n) is 3.63. The van der Waals surface area contributed by atoms with E-state index in [-0.39, 0.29) is 12.0 Å². The Bertz CT molecular complexity index is 585. The fraction of sp³-hybridized carbons (Fsp3) is 0.467. The summed E-state index contributed by atoms with van der Waals surface area (Å²) in [6.07, 6.45) is -3.31. The molecular formula is C15H15F3N2O. The molecule has 6 heteroatoms. The van der Waals surface area contributed by atoms with Crippen LogP contribution in [0.1, 0.15) is 43.2 Å². The van der Waals surface area contributed by atoms with Crippen LogP contribution < -0.4 is 5.32 Å². The standard InChI is InChI=1S/C15H15F3N2O/c1-10(8-13(21)20-14(9-19)6-7-14)11-4-2-3-5-12(11)15(16,17)18/h2-5,10H,6-8H2,1H3,(H,20,21)/t10-/m0/s1. The average Bonchev–Trinajstić information content (AvgIpc) is 3.17. The topological polar surface area (TPSA) is 52.9 Å². The molecule has 0 heterocycles. The van der Waals surface area contributed by atoms with Crippen LogP contribution in [0.5, 0.6) is 0 Å². The summed E-state index contributed by atoms with van der Waals surface area (Å²) in [5.74, 6) is -0.962. The first kappa shape index (κ1) is 15.4. The second-order valence-corrected chi connectivity index (χ2v) is 5.43. The van der Waals surface area contributed by atoms with E-state index in [0.29, 0.717) is 12.8 Å². The number of carbonyl (C=O) groups is 1. The van der Waals surface area contributed by atoms with E-state index < -0.39 is 29.1 Å². The average molecular weight is 296 g/mol. The van der Waals surface area contributed by atoms with E-state index in [2.05, 4.69) is 5.32 Å². The molecule has 1 aromatic rings. The monoisotopic (exact) mass is 296 g/mol. The van der Waals surface area contributed by atoms with Crippen molar-refractivity contribution in [3.05, 3.63) is 35.4 Å². The molecule has 1 amide bonds. The Hall–Kier alpha value is -2.03. The van der Waals surface area contributed by atoms with Crippen molar-refractivity contribution in [2.45, 2.75) is 43.8 Å². The minimum atomic E-state index is -4.44. The number of rotatable bonds is 4. The van der Waals surface area contributed by atoms with Crippen LogP contribution in [0.15, 0.2) is 24.3 Å². The van der Waals surface area contributed by atoms with Crippen LogP contribution in [0.3, 0.4) is 0 Å². The summed E-state index contributed by atoms with van der Waals surface area (Å²) in [6, 6.07) is 7.27. The molecule has 0 bridgehead atoms. The molecule has 1 aliphatic carbocycles. The third-order valence-corrected chi connectivity index (χ3v) is 3.63. The van der Waals surface area contributed by atoms with Crippen molar-refractivity contribution in [1.29, 1.82) is 5.26 Å². The highest BCUT2D eigenvalue weighted by Crippen LogP contribution is 2.37. The number of hydrogen-bond donors (Lipinski definition) is 1. The Balaban J connectivity index is 2.09. The van der Waals surface area contributed by atoms with Gasteiger partial charge in [0.2, 0.25) is 5.91 Å². The van der Waals surface area contributed by atoms with Crippen molar-refractivity contribution >= 4 is 5.91 Å². The number of nitrogens with one attached hydrogen (secondary N) is 1. The van der Waals surface area contributed by atoms with Gasteiger partial charge in [0, 0.05) is 6.42 Å². The highest BCUT2D eigenvalue weighted by molar-refractivity contribution is 5.78. The second-order valence-electron chi connectivity index (χ2n) is 5.43. The number of benzene rings is 1. The Morgan fingerprint density at radius 3 is 2.57 bits per heavy atom. The van der Waals surface area contributed by atoms with Crippen LogP contribution in [-0.4, -0.2) is 11.4 Å². The molecule has 0 spiro atoms. The normalized spacial score (nSPS) is 17.7. The molecule has 2 rings (SSSR count). The van der Waals surface area contributed by atoms with Gasteiger partial charge in [-0.25, -0.2) is 0 Å². The number of carbonyl (C=O) groups excluding carboxylic acids is 1. The largest absolute Gasteiger partial charge is 0.416 e. The van der Waals surface area contributed by atoms with Crippen LogP contribution >= 0.6 is 0 Å². The van der Waals surface area contributed by atoms with Crippen molar-refractivity contribution in [3.63, 3.8) is 0 Å². The quantitative estimate of drug-likeness (QED) is 0.926. The van der Waals surface area contributed by atoms with Crippen LogP contribution in [0.4, 0.5) is 13.2 Å². The van der Waals surface area contributed by atoms with Gasteiger partial charge in [-0.3, -0.25) is 4.79 Å². The molecule has 1 aromatic carbocycles. The van der Waals surface area contributed by atoms with Gasteiger partial charge in [0.15, 0.2) is 0 Å². The van der Waals surface area contributed by atoms with E-state index in [1.54, 1.807) is 6.92 Å². The van der Waals surface area contributed by atoms with Gasteiger partial charge < -0.3 is 5.32 Å². The lowest BCUT2D eigenvalue weighted by Crippen LogP contribution is -2.36. The summed E-state index contributed by atoms with van der Waals surface area (Å²) in [5.41, 5.74) is -1.41. The number of nitrogens with zero attached hydrogens (tertiary/aromatic N) is 1. The molecule has 0 aromatic heterocycles. The molecule has 0 aliphatic heterocycles. The zero-order chi connectivity index (χ0) is 15.7. The number of nitriles is 1. The van der Waals surface area contributed by atoms with Crippen molar-refractivity contribution in [1.82, 2.24) is 5.32 Å². The summed E-state index contributed by atoms with van der Waals surface area (Å²) >= 11 is 0. The summed E-state index contributed by atoms with van der Waals surface area (Å²) in [7, 11) is 0. The van der Waals surface area contributed by atoms with Crippen molar-refractivity contribution < 1.29 is 18.0 Å². The Labute approximate surface area is 120 Å². The zero-order valence-electron chi connectivity index (χ0n) is 11.5. The summed E-state index contributed by atoms with van der Waals surface area (Å²) in [5, 5.41) is 11.5. The molecule has 21 heavy (non-hydrogen) atoms. The Morgan fingerprint density at radius 1 is 1.43 bits per heavy atom. The summed E-state index contributed by atoms with van der Waals surface area (Å²) in [6.45, 7) is 1.58. The van der Waals surface area contributed by atoms with E-state index in [9.17, 15) is 18.0 Å². The van der Waals surface area contributed by atoms with E-state index in [1.165, 1.54) is 18.2 Å². The maximum absolute atomic E-state index is 12.9. The van der Waals surface area contributed by atoms with Crippen molar-refractivity contribution in [3.8, 4) is 6.07 Å². The highest BCUT2D eigenvalue weighted by atomic mass is 19.4. The van der Waals surface area contributed by atoms with Gasteiger partial charge in [-0.05, 0) is 30.4 Å². The number of amides is 1. The van der Waals surface area contributed by atoms with Gasteiger partial charge >= 0.3 is 6.18 Å². The van der Waals surface area contributed by atoms with E-state index >= 15 is 0 Å². The first-order valence-electron chi connectivity index (χ1n) is 6.66. The molecule has 1 saturated carbocycles. The van der Waals surface area contributed by atoms with E-state index in [0.717, 1.165) is 6.07 Å². The van der Waals surface area contributed by atoms with Crippen LogP contribution in [-0.2, 0) is 11.0 Å². The molecule has 1 aliphatic rings. The molecule has 112 valence electrons.